The number of allylic oxidation sites excluding steroid dienone is 1. The van der Waals surface area contributed by atoms with Gasteiger partial charge in [-0.05, 0) is 25.7 Å². The van der Waals surface area contributed by atoms with Gasteiger partial charge in [0.25, 0.3) is 0 Å². The van der Waals surface area contributed by atoms with Crippen molar-refractivity contribution in [2.45, 2.75) is 84.5 Å². The van der Waals surface area contributed by atoms with Crippen LogP contribution in [0.15, 0.2) is 11.6 Å². The Morgan fingerprint density at radius 1 is 0.810 bits per heavy atom. The molecule has 0 aromatic carbocycles. The summed E-state index contributed by atoms with van der Waals surface area (Å²) in [7, 11) is 1.39. The van der Waals surface area contributed by atoms with E-state index in [1.54, 1.807) is 6.08 Å². The van der Waals surface area contributed by atoms with Crippen molar-refractivity contribution in [1.29, 1.82) is 0 Å². The molecule has 122 valence electrons. The molecule has 0 rings (SSSR count). The number of hydrogen-bond donors (Lipinski definition) is 0. The van der Waals surface area contributed by atoms with E-state index in [9.17, 15) is 9.59 Å². The summed E-state index contributed by atoms with van der Waals surface area (Å²) in [6, 6.07) is 0. The molecule has 21 heavy (non-hydrogen) atoms. The van der Waals surface area contributed by atoms with Crippen molar-refractivity contribution in [3.8, 4) is 0 Å². The Labute approximate surface area is 130 Å². The summed E-state index contributed by atoms with van der Waals surface area (Å²) >= 11 is 0. The van der Waals surface area contributed by atoms with Crippen molar-refractivity contribution in [2.75, 3.05) is 7.11 Å². The lowest BCUT2D eigenvalue weighted by molar-refractivity contribution is -0.135. The number of ketones is 1. The smallest absolute Gasteiger partial charge is 0.330 e. The summed E-state index contributed by atoms with van der Waals surface area (Å²) in [5, 5.41) is 0. The van der Waals surface area contributed by atoms with E-state index in [1.165, 1.54) is 26.4 Å². The Kier molecular flexibility index (Phi) is 13.1. The highest BCUT2D eigenvalue weighted by molar-refractivity contribution is 5.83. The Morgan fingerprint density at radius 2 is 1.43 bits per heavy atom. The molecule has 0 saturated carbocycles. The van der Waals surface area contributed by atoms with E-state index in [2.05, 4.69) is 13.8 Å². The molecule has 0 fully saturated rings. The van der Waals surface area contributed by atoms with E-state index in [0.717, 1.165) is 37.7 Å². The standard InChI is InChI=1S/C18H32O3/c1-4-6-8-10-11-16(15-18(20)21-3)13-14-17(19)12-9-7-5-2/h15H,4-14H2,1-3H3/b16-15-. The number of unbranched alkanes of at least 4 members (excludes halogenated alkanes) is 5. The van der Waals surface area contributed by atoms with Gasteiger partial charge in [-0.1, -0.05) is 51.5 Å². The van der Waals surface area contributed by atoms with E-state index in [1.807, 2.05) is 0 Å². The first-order valence-electron chi connectivity index (χ1n) is 8.43. The number of esters is 1. The minimum atomic E-state index is -0.307. The normalized spacial score (nSPS) is 11.5. The molecule has 0 aromatic rings. The van der Waals surface area contributed by atoms with Gasteiger partial charge in [0, 0.05) is 18.9 Å². The maximum Gasteiger partial charge on any atom is 0.330 e. The van der Waals surface area contributed by atoms with Crippen molar-refractivity contribution >= 4 is 11.8 Å². The van der Waals surface area contributed by atoms with Gasteiger partial charge in [0.15, 0.2) is 0 Å². The topological polar surface area (TPSA) is 43.4 Å². The zero-order chi connectivity index (χ0) is 15.9. The van der Waals surface area contributed by atoms with Crippen molar-refractivity contribution < 1.29 is 14.3 Å². The molecular weight excluding hydrogens is 264 g/mol. The van der Waals surface area contributed by atoms with Crippen LogP contribution >= 0.6 is 0 Å². The molecule has 3 heteroatoms. The first-order valence-corrected chi connectivity index (χ1v) is 8.43. The number of carbonyl (C=O) groups excluding carboxylic acids is 2. The number of carbonyl (C=O) groups is 2. The van der Waals surface area contributed by atoms with Crippen LogP contribution in [0.1, 0.15) is 84.5 Å². The number of hydrogen-bond acceptors (Lipinski definition) is 3. The lowest BCUT2D eigenvalue weighted by Crippen LogP contribution is -2.02. The van der Waals surface area contributed by atoms with Crippen LogP contribution in [0.5, 0.6) is 0 Å². The van der Waals surface area contributed by atoms with E-state index in [-0.39, 0.29) is 5.97 Å². The van der Waals surface area contributed by atoms with Crippen LogP contribution in [0.2, 0.25) is 0 Å². The van der Waals surface area contributed by atoms with Crippen LogP contribution in [0.3, 0.4) is 0 Å². The summed E-state index contributed by atoms with van der Waals surface area (Å²) in [5.74, 6) is 0.00620. The summed E-state index contributed by atoms with van der Waals surface area (Å²) < 4.78 is 4.69. The number of rotatable bonds is 13. The number of methoxy groups -OCH3 is 1. The molecule has 3 nitrogen and oxygen atoms in total. The van der Waals surface area contributed by atoms with E-state index in [0.29, 0.717) is 25.0 Å². The van der Waals surface area contributed by atoms with Crippen molar-refractivity contribution in [1.82, 2.24) is 0 Å². The number of ether oxygens (including phenoxy) is 1. The molecule has 0 bridgehead atoms. The largest absolute Gasteiger partial charge is 0.466 e. The summed E-state index contributed by atoms with van der Waals surface area (Å²) in [6.07, 6.45) is 12.3. The van der Waals surface area contributed by atoms with Crippen molar-refractivity contribution in [3.63, 3.8) is 0 Å². The van der Waals surface area contributed by atoms with E-state index >= 15 is 0 Å². The third-order valence-corrected chi connectivity index (χ3v) is 3.66. The molecule has 0 N–H and O–H groups in total. The molecular formula is C18H32O3. The molecule has 0 spiro atoms. The Balaban J connectivity index is 4.17. The SMILES string of the molecule is CCCCCC/C(=C/C(=O)OC)CCC(=O)CCCCC. The van der Waals surface area contributed by atoms with Gasteiger partial charge in [0.2, 0.25) is 0 Å². The number of Topliss-reactive ketones (excluding diaryl/α,β-unsaturated/α-hetero) is 1. The second kappa shape index (κ2) is 13.8. The Morgan fingerprint density at radius 3 is 2.05 bits per heavy atom. The highest BCUT2D eigenvalue weighted by Gasteiger charge is 2.07. The average molecular weight is 296 g/mol. The summed E-state index contributed by atoms with van der Waals surface area (Å²) in [4.78, 5) is 23.2. The molecule has 0 radical (unpaired) electrons. The molecule has 0 aromatic heterocycles. The predicted molar refractivity (Wildman–Crippen MR) is 87.2 cm³/mol. The summed E-state index contributed by atoms with van der Waals surface area (Å²) in [6.45, 7) is 4.32. The highest BCUT2D eigenvalue weighted by atomic mass is 16.5. The lowest BCUT2D eigenvalue weighted by atomic mass is 9.99. The summed E-state index contributed by atoms with van der Waals surface area (Å²) in [5.41, 5.74) is 1.06. The van der Waals surface area contributed by atoms with Gasteiger partial charge in [-0.3, -0.25) is 4.79 Å². The molecule has 0 saturated heterocycles. The van der Waals surface area contributed by atoms with Gasteiger partial charge >= 0.3 is 5.97 Å². The van der Waals surface area contributed by atoms with E-state index in [4.69, 9.17) is 4.74 Å². The van der Waals surface area contributed by atoms with Gasteiger partial charge < -0.3 is 4.74 Å². The van der Waals surface area contributed by atoms with Crippen molar-refractivity contribution in [3.05, 3.63) is 11.6 Å². The predicted octanol–water partition coefficient (Wildman–Crippen LogP) is 4.99. The van der Waals surface area contributed by atoms with Gasteiger partial charge in [-0.15, -0.1) is 0 Å². The fourth-order valence-electron chi connectivity index (χ4n) is 2.27. The van der Waals surface area contributed by atoms with Gasteiger partial charge in [-0.2, -0.15) is 0 Å². The highest BCUT2D eigenvalue weighted by Crippen LogP contribution is 2.17. The van der Waals surface area contributed by atoms with Crippen LogP contribution < -0.4 is 0 Å². The van der Waals surface area contributed by atoms with Gasteiger partial charge in [0.05, 0.1) is 7.11 Å². The lowest BCUT2D eigenvalue weighted by Gasteiger charge is -2.07. The van der Waals surface area contributed by atoms with Crippen LogP contribution in [0, 0.1) is 0 Å². The quantitative estimate of drug-likeness (QED) is 0.273. The van der Waals surface area contributed by atoms with E-state index < -0.39 is 0 Å². The fourth-order valence-corrected chi connectivity index (χ4v) is 2.27. The molecule has 0 heterocycles. The van der Waals surface area contributed by atoms with Crippen molar-refractivity contribution in [2.24, 2.45) is 0 Å². The Hall–Kier alpha value is -1.12. The zero-order valence-electron chi connectivity index (χ0n) is 14.1. The third-order valence-electron chi connectivity index (χ3n) is 3.66. The molecule has 0 unspecified atom stereocenters. The van der Waals surface area contributed by atoms with Gasteiger partial charge in [0.1, 0.15) is 5.78 Å². The maximum atomic E-state index is 11.8. The molecule has 0 atom stereocenters. The monoisotopic (exact) mass is 296 g/mol. The minimum absolute atomic E-state index is 0.307. The first-order chi connectivity index (χ1) is 10.1. The van der Waals surface area contributed by atoms with Crippen LogP contribution in [0.4, 0.5) is 0 Å². The third kappa shape index (κ3) is 12.3. The first kappa shape index (κ1) is 19.9. The molecule has 0 amide bonds. The van der Waals surface area contributed by atoms with Gasteiger partial charge in [-0.25, -0.2) is 4.79 Å². The average Bonchev–Trinajstić information content (AvgIpc) is 2.48. The zero-order valence-corrected chi connectivity index (χ0v) is 14.1. The second-order valence-electron chi connectivity index (χ2n) is 5.63. The second-order valence-corrected chi connectivity index (χ2v) is 5.63. The fraction of sp³-hybridized carbons (Fsp3) is 0.778. The van der Waals surface area contributed by atoms with Crippen LogP contribution in [-0.2, 0) is 14.3 Å². The molecule has 0 aliphatic carbocycles. The van der Waals surface area contributed by atoms with Crippen LogP contribution in [-0.4, -0.2) is 18.9 Å². The molecule has 0 aliphatic rings. The maximum absolute atomic E-state index is 11.8. The van der Waals surface area contributed by atoms with Crippen LogP contribution in [0.25, 0.3) is 0 Å². The minimum Gasteiger partial charge on any atom is -0.466 e. The molecule has 0 aliphatic heterocycles. The Bertz CT molecular complexity index is 318.